The van der Waals surface area contributed by atoms with Crippen molar-refractivity contribution in [3.05, 3.63) is 83.8 Å². The molecule has 8 heteroatoms. The molecule has 4 aromatic rings. The third-order valence-electron chi connectivity index (χ3n) is 6.62. The molecule has 2 bridgehead atoms. The number of pyridine rings is 1. The van der Waals surface area contributed by atoms with Crippen molar-refractivity contribution < 1.29 is 0 Å². The molecule has 0 amide bonds. The van der Waals surface area contributed by atoms with Crippen LogP contribution in [0, 0.1) is 0 Å². The van der Waals surface area contributed by atoms with Gasteiger partial charge < -0.3 is 9.80 Å². The fourth-order valence-corrected chi connectivity index (χ4v) is 4.96. The number of piperazine rings is 1. The van der Waals surface area contributed by atoms with Crippen molar-refractivity contribution in [2.45, 2.75) is 18.5 Å². The Balaban J connectivity index is 1.28. The van der Waals surface area contributed by atoms with Crippen LogP contribution in [0.15, 0.2) is 78.2 Å². The predicted octanol–water partition coefficient (Wildman–Crippen LogP) is 2.77. The van der Waals surface area contributed by atoms with E-state index in [4.69, 9.17) is 4.98 Å². The van der Waals surface area contributed by atoms with Crippen molar-refractivity contribution in [3.63, 3.8) is 0 Å². The van der Waals surface area contributed by atoms with Crippen LogP contribution in [-0.4, -0.2) is 49.7 Å². The number of rotatable bonds is 4. The molecule has 2 aliphatic heterocycles. The molecule has 0 spiro atoms. The summed E-state index contributed by atoms with van der Waals surface area (Å²) in [4.78, 5) is 35.0. The maximum Gasteiger partial charge on any atom is 0.255 e. The second-order valence-corrected chi connectivity index (χ2v) is 8.58. The van der Waals surface area contributed by atoms with Crippen molar-refractivity contribution in [1.82, 2.24) is 24.5 Å². The smallest absolute Gasteiger partial charge is 0.255 e. The van der Waals surface area contributed by atoms with Crippen LogP contribution in [0.5, 0.6) is 0 Å². The highest BCUT2D eigenvalue weighted by Gasteiger charge is 2.44. The number of hydrogen-bond acceptors (Lipinski definition) is 7. The Morgan fingerprint density at radius 1 is 0.879 bits per heavy atom. The van der Waals surface area contributed by atoms with Crippen LogP contribution in [0.4, 0.5) is 11.6 Å². The molecule has 33 heavy (non-hydrogen) atoms. The number of aromatic nitrogens is 5. The lowest BCUT2D eigenvalue weighted by Gasteiger charge is -2.36. The van der Waals surface area contributed by atoms with Gasteiger partial charge in [0.25, 0.3) is 5.56 Å². The van der Waals surface area contributed by atoms with E-state index < -0.39 is 0 Å². The second kappa shape index (κ2) is 7.81. The van der Waals surface area contributed by atoms with E-state index in [0.717, 1.165) is 30.8 Å². The summed E-state index contributed by atoms with van der Waals surface area (Å²) in [6.45, 7) is 1.69. The van der Waals surface area contributed by atoms with E-state index in [0.29, 0.717) is 23.4 Å². The lowest BCUT2D eigenvalue weighted by atomic mass is 10.1. The maximum absolute atomic E-state index is 12.7. The average Bonchev–Trinajstić information content (AvgIpc) is 3.48. The molecule has 0 N–H and O–H groups in total. The highest BCUT2D eigenvalue weighted by atomic mass is 16.1. The molecular weight excluding hydrogens is 414 g/mol. The molecule has 3 aromatic heterocycles. The van der Waals surface area contributed by atoms with Gasteiger partial charge in [0.1, 0.15) is 6.33 Å². The van der Waals surface area contributed by atoms with Crippen LogP contribution in [-0.2, 0) is 7.05 Å². The van der Waals surface area contributed by atoms with Gasteiger partial charge in [-0.05, 0) is 24.1 Å². The zero-order valence-corrected chi connectivity index (χ0v) is 18.2. The van der Waals surface area contributed by atoms with Gasteiger partial charge in [0.15, 0.2) is 0 Å². The van der Waals surface area contributed by atoms with Crippen molar-refractivity contribution in [2.75, 3.05) is 22.9 Å². The third kappa shape index (κ3) is 3.44. The number of fused-ring (bicyclic) bond motifs is 2. The van der Waals surface area contributed by atoms with Gasteiger partial charge >= 0.3 is 0 Å². The summed E-state index contributed by atoms with van der Waals surface area (Å²) in [6, 6.07) is 16.5. The first-order chi connectivity index (χ1) is 16.2. The monoisotopic (exact) mass is 437 g/mol. The lowest BCUT2D eigenvalue weighted by molar-refractivity contribution is 0.614. The molecule has 164 valence electrons. The Labute approximate surface area is 191 Å². The van der Waals surface area contributed by atoms with Crippen LogP contribution in [0.25, 0.3) is 22.5 Å². The van der Waals surface area contributed by atoms with Crippen LogP contribution in [0.3, 0.4) is 0 Å². The number of hydrogen-bond donors (Lipinski definition) is 0. The van der Waals surface area contributed by atoms with Crippen molar-refractivity contribution in [3.8, 4) is 22.5 Å². The molecule has 2 saturated heterocycles. The minimum absolute atomic E-state index is 0.0898. The number of nitrogens with zero attached hydrogens (tertiary/aromatic N) is 7. The minimum Gasteiger partial charge on any atom is -0.363 e. The first-order valence-corrected chi connectivity index (χ1v) is 11.1. The first-order valence-electron chi connectivity index (χ1n) is 11.1. The predicted molar refractivity (Wildman–Crippen MR) is 127 cm³/mol. The molecule has 2 atom stereocenters. The van der Waals surface area contributed by atoms with E-state index in [1.807, 2.05) is 30.6 Å². The number of anilines is 2. The van der Waals surface area contributed by atoms with Crippen LogP contribution in [0.2, 0.25) is 0 Å². The average molecular weight is 438 g/mol. The summed E-state index contributed by atoms with van der Waals surface area (Å²) >= 11 is 0. The van der Waals surface area contributed by atoms with Gasteiger partial charge in [-0.3, -0.25) is 14.3 Å². The Hall–Kier alpha value is -4.07. The van der Waals surface area contributed by atoms with E-state index in [-0.39, 0.29) is 11.6 Å². The summed E-state index contributed by atoms with van der Waals surface area (Å²) in [5, 5.41) is 0. The van der Waals surface area contributed by atoms with Crippen LogP contribution in [0.1, 0.15) is 6.42 Å². The van der Waals surface area contributed by atoms with E-state index in [2.05, 4.69) is 43.0 Å². The molecule has 2 fully saturated rings. The van der Waals surface area contributed by atoms with Gasteiger partial charge in [0, 0.05) is 50.2 Å². The minimum atomic E-state index is -0.0898. The van der Waals surface area contributed by atoms with E-state index in [1.54, 1.807) is 23.9 Å². The van der Waals surface area contributed by atoms with Gasteiger partial charge in [0.05, 0.1) is 29.3 Å². The van der Waals surface area contributed by atoms with Gasteiger partial charge in [-0.15, -0.1) is 0 Å². The summed E-state index contributed by atoms with van der Waals surface area (Å²) in [6.07, 6.45) is 8.03. The second-order valence-electron chi connectivity index (χ2n) is 8.58. The standard InChI is InChI=1S/C25H23N7O/c1-30-24(33)11-23(22-7-8-26-16-28-22)29-25(30)32-15-20-10-21(32)14-31(20)19-9-18(12-27-13-19)17-5-3-2-4-6-17/h2-9,11-13,16,20-21H,10,14-15H2,1H3. The largest absolute Gasteiger partial charge is 0.363 e. The molecule has 0 radical (unpaired) electrons. The Kier molecular flexibility index (Phi) is 4.64. The molecule has 1 aromatic carbocycles. The zero-order chi connectivity index (χ0) is 22.4. The molecule has 2 unspecified atom stereocenters. The van der Waals surface area contributed by atoms with Gasteiger partial charge in [0.2, 0.25) is 5.95 Å². The molecule has 0 saturated carbocycles. The summed E-state index contributed by atoms with van der Waals surface area (Å²) in [5.74, 6) is 0.694. The molecule has 5 heterocycles. The SMILES string of the molecule is Cn1c(N2CC3CC2CN3c2cncc(-c3ccccc3)c2)nc(-c2ccncn2)cc1=O. The molecule has 0 aliphatic carbocycles. The summed E-state index contributed by atoms with van der Waals surface area (Å²) in [7, 11) is 1.78. The Morgan fingerprint density at radius 3 is 2.45 bits per heavy atom. The fraction of sp³-hybridized carbons (Fsp3) is 0.240. The van der Waals surface area contributed by atoms with Gasteiger partial charge in [-0.25, -0.2) is 15.0 Å². The molecule has 6 rings (SSSR count). The van der Waals surface area contributed by atoms with Gasteiger partial charge in [-0.2, -0.15) is 0 Å². The van der Waals surface area contributed by atoms with Crippen molar-refractivity contribution >= 4 is 11.6 Å². The van der Waals surface area contributed by atoms with E-state index in [1.165, 1.54) is 18.0 Å². The highest BCUT2D eigenvalue weighted by molar-refractivity contribution is 5.68. The molecular formula is C25H23N7O. The summed E-state index contributed by atoms with van der Waals surface area (Å²) in [5.41, 5.74) is 4.56. The fourth-order valence-electron chi connectivity index (χ4n) is 4.96. The number of benzene rings is 1. The van der Waals surface area contributed by atoms with Crippen molar-refractivity contribution in [2.24, 2.45) is 7.05 Å². The molecule has 2 aliphatic rings. The first kappa shape index (κ1) is 19.6. The zero-order valence-electron chi connectivity index (χ0n) is 18.2. The lowest BCUT2D eigenvalue weighted by Crippen LogP contribution is -2.48. The van der Waals surface area contributed by atoms with E-state index >= 15 is 0 Å². The molecule has 8 nitrogen and oxygen atoms in total. The van der Waals surface area contributed by atoms with Crippen molar-refractivity contribution in [1.29, 1.82) is 0 Å². The third-order valence-corrected chi connectivity index (χ3v) is 6.62. The summed E-state index contributed by atoms with van der Waals surface area (Å²) < 4.78 is 1.63. The highest BCUT2D eigenvalue weighted by Crippen LogP contribution is 2.37. The van der Waals surface area contributed by atoms with Crippen LogP contribution >= 0.6 is 0 Å². The van der Waals surface area contributed by atoms with Crippen LogP contribution < -0.4 is 15.4 Å². The Bertz CT molecular complexity index is 1360. The Morgan fingerprint density at radius 2 is 1.70 bits per heavy atom. The normalized spacial score (nSPS) is 19.3. The topological polar surface area (TPSA) is 80.0 Å². The van der Waals surface area contributed by atoms with E-state index in [9.17, 15) is 4.79 Å². The van der Waals surface area contributed by atoms with Gasteiger partial charge in [-0.1, -0.05) is 30.3 Å². The maximum atomic E-state index is 12.7. The quantitative estimate of drug-likeness (QED) is 0.486.